The van der Waals surface area contributed by atoms with E-state index in [9.17, 15) is 9.59 Å². The summed E-state index contributed by atoms with van der Waals surface area (Å²) in [5.74, 6) is 0.122. The number of thiophene rings is 1. The van der Waals surface area contributed by atoms with Crippen LogP contribution in [0.2, 0.25) is 0 Å². The topological polar surface area (TPSA) is 61.4 Å². The number of rotatable bonds is 5. The minimum atomic E-state index is 0.0735. The molecule has 0 aromatic carbocycles. The number of hydrogen-bond acceptors (Lipinski definition) is 3. The molecule has 1 aromatic rings. The standard InChI is InChI=1S/C18H27N3O2S/c22-17(8-7-16-6-3-13-24-16)19-15-9-11-21(12-10-15)18(23)20-14-4-1-2-5-14/h3,6,13-15H,1-2,4-5,7-12H2,(H,19,22)(H,20,23). The van der Waals surface area contributed by atoms with E-state index < -0.39 is 0 Å². The van der Waals surface area contributed by atoms with Gasteiger partial charge < -0.3 is 15.5 Å². The maximum absolute atomic E-state index is 12.2. The van der Waals surface area contributed by atoms with Gasteiger partial charge in [-0.1, -0.05) is 18.9 Å². The molecule has 2 fully saturated rings. The Balaban J connectivity index is 1.33. The van der Waals surface area contributed by atoms with E-state index in [-0.39, 0.29) is 18.0 Å². The molecule has 132 valence electrons. The summed E-state index contributed by atoms with van der Waals surface area (Å²) in [6, 6.07) is 4.73. The smallest absolute Gasteiger partial charge is 0.317 e. The predicted octanol–water partition coefficient (Wildman–Crippen LogP) is 2.91. The van der Waals surface area contributed by atoms with E-state index >= 15 is 0 Å². The van der Waals surface area contributed by atoms with Gasteiger partial charge in [-0.05, 0) is 43.6 Å². The molecule has 3 amide bonds. The van der Waals surface area contributed by atoms with Gasteiger partial charge >= 0.3 is 6.03 Å². The third kappa shape index (κ3) is 4.97. The highest BCUT2D eigenvalue weighted by Crippen LogP contribution is 2.19. The molecule has 0 radical (unpaired) electrons. The highest BCUT2D eigenvalue weighted by Gasteiger charge is 2.26. The summed E-state index contributed by atoms with van der Waals surface area (Å²) < 4.78 is 0. The molecule has 1 aliphatic carbocycles. The van der Waals surface area contributed by atoms with Crippen molar-refractivity contribution in [3.8, 4) is 0 Å². The zero-order chi connectivity index (χ0) is 16.8. The molecule has 5 nitrogen and oxygen atoms in total. The Kier molecular flexibility index (Phi) is 6.12. The first kappa shape index (κ1) is 17.3. The second-order valence-corrected chi connectivity index (χ2v) is 7.87. The van der Waals surface area contributed by atoms with Crippen LogP contribution in [0.4, 0.5) is 4.79 Å². The van der Waals surface area contributed by atoms with Crippen LogP contribution in [-0.2, 0) is 11.2 Å². The van der Waals surface area contributed by atoms with Crippen LogP contribution in [-0.4, -0.2) is 42.0 Å². The van der Waals surface area contributed by atoms with Crippen molar-refractivity contribution in [3.05, 3.63) is 22.4 Å². The largest absolute Gasteiger partial charge is 0.353 e. The predicted molar refractivity (Wildman–Crippen MR) is 96.2 cm³/mol. The highest BCUT2D eigenvalue weighted by molar-refractivity contribution is 7.09. The van der Waals surface area contributed by atoms with Gasteiger partial charge in [0.1, 0.15) is 0 Å². The molecule has 1 saturated heterocycles. The van der Waals surface area contributed by atoms with Crippen LogP contribution in [0.25, 0.3) is 0 Å². The lowest BCUT2D eigenvalue weighted by atomic mass is 10.0. The number of carbonyl (C=O) groups is 2. The molecule has 1 aliphatic heterocycles. The molecular formula is C18H27N3O2S. The van der Waals surface area contributed by atoms with Crippen LogP contribution in [0.1, 0.15) is 49.8 Å². The number of aryl methyl sites for hydroxylation is 1. The first-order valence-electron chi connectivity index (χ1n) is 9.08. The van der Waals surface area contributed by atoms with Crippen molar-refractivity contribution in [3.63, 3.8) is 0 Å². The average molecular weight is 350 g/mol. The summed E-state index contributed by atoms with van der Waals surface area (Å²) in [4.78, 5) is 27.4. The fourth-order valence-electron chi connectivity index (χ4n) is 3.55. The lowest BCUT2D eigenvalue weighted by Gasteiger charge is -2.33. The van der Waals surface area contributed by atoms with Crippen molar-refractivity contribution in [1.82, 2.24) is 15.5 Å². The van der Waals surface area contributed by atoms with Gasteiger partial charge in [-0.2, -0.15) is 0 Å². The molecule has 0 spiro atoms. The van der Waals surface area contributed by atoms with Gasteiger partial charge in [-0.3, -0.25) is 4.79 Å². The molecule has 0 bridgehead atoms. The monoisotopic (exact) mass is 349 g/mol. The molecule has 0 unspecified atom stereocenters. The van der Waals surface area contributed by atoms with E-state index in [4.69, 9.17) is 0 Å². The summed E-state index contributed by atoms with van der Waals surface area (Å²) in [6.45, 7) is 1.46. The minimum Gasteiger partial charge on any atom is -0.353 e. The number of urea groups is 1. The number of likely N-dealkylation sites (tertiary alicyclic amines) is 1. The van der Waals surface area contributed by atoms with E-state index in [0.717, 1.165) is 45.2 Å². The molecule has 3 rings (SSSR count). The average Bonchev–Trinajstić information content (AvgIpc) is 3.27. The zero-order valence-corrected chi connectivity index (χ0v) is 14.9. The molecule has 24 heavy (non-hydrogen) atoms. The fourth-order valence-corrected chi connectivity index (χ4v) is 4.26. The highest BCUT2D eigenvalue weighted by atomic mass is 32.1. The second-order valence-electron chi connectivity index (χ2n) is 6.84. The number of piperidine rings is 1. The van der Waals surface area contributed by atoms with Crippen LogP contribution in [0.3, 0.4) is 0 Å². The maximum Gasteiger partial charge on any atom is 0.317 e. The quantitative estimate of drug-likeness (QED) is 0.858. The SMILES string of the molecule is O=C(CCc1cccs1)NC1CCN(C(=O)NC2CCCC2)CC1. The number of amides is 3. The Morgan fingerprint density at radius 2 is 1.79 bits per heavy atom. The third-order valence-corrected chi connectivity index (χ3v) is 5.94. The summed E-state index contributed by atoms with van der Waals surface area (Å²) in [7, 11) is 0. The Hall–Kier alpha value is -1.56. The Morgan fingerprint density at radius 1 is 1.08 bits per heavy atom. The number of nitrogens with one attached hydrogen (secondary N) is 2. The molecule has 1 aromatic heterocycles. The van der Waals surface area contributed by atoms with Gasteiger partial charge in [0, 0.05) is 36.5 Å². The Morgan fingerprint density at radius 3 is 2.46 bits per heavy atom. The van der Waals surface area contributed by atoms with Crippen LogP contribution < -0.4 is 10.6 Å². The van der Waals surface area contributed by atoms with E-state index in [1.165, 1.54) is 17.7 Å². The van der Waals surface area contributed by atoms with Gasteiger partial charge in [-0.25, -0.2) is 4.79 Å². The van der Waals surface area contributed by atoms with Gasteiger partial charge in [0.15, 0.2) is 0 Å². The molecule has 2 N–H and O–H groups in total. The Labute approximate surface area is 147 Å². The number of hydrogen-bond donors (Lipinski definition) is 2. The van der Waals surface area contributed by atoms with Crippen molar-refractivity contribution < 1.29 is 9.59 Å². The first-order valence-corrected chi connectivity index (χ1v) is 9.96. The maximum atomic E-state index is 12.2. The van der Waals surface area contributed by atoms with Crippen LogP contribution in [0, 0.1) is 0 Å². The van der Waals surface area contributed by atoms with Crippen molar-refractivity contribution in [1.29, 1.82) is 0 Å². The molecule has 2 aliphatic rings. The van der Waals surface area contributed by atoms with E-state index in [2.05, 4.69) is 16.7 Å². The molecule has 0 atom stereocenters. The molecule has 6 heteroatoms. The minimum absolute atomic E-state index is 0.0735. The van der Waals surface area contributed by atoms with E-state index in [0.29, 0.717) is 12.5 Å². The Bertz CT molecular complexity index is 532. The molecule has 1 saturated carbocycles. The summed E-state index contributed by atoms with van der Waals surface area (Å²) >= 11 is 1.70. The summed E-state index contributed by atoms with van der Waals surface area (Å²) in [6.07, 6.45) is 7.74. The van der Waals surface area contributed by atoms with Gasteiger partial charge in [-0.15, -0.1) is 11.3 Å². The van der Waals surface area contributed by atoms with Gasteiger partial charge in [0.25, 0.3) is 0 Å². The normalized spacial score (nSPS) is 19.4. The molecular weight excluding hydrogens is 322 g/mol. The second kappa shape index (κ2) is 8.51. The van der Waals surface area contributed by atoms with Gasteiger partial charge in [0.2, 0.25) is 5.91 Å². The van der Waals surface area contributed by atoms with Crippen molar-refractivity contribution in [2.45, 2.75) is 63.5 Å². The van der Waals surface area contributed by atoms with E-state index in [1.54, 1.807) is 11.3 Å². The zero-order valence-electron chi connectivity index (χ0n) is 14.1. The van der Waals surface area contributed by atoms with Crippen molar-refractivity contribution in [2.24, 2.45) is 0 Å². The fraction of sp³-hybridized carbons (Fsp3) is 0.667. The summed E-state index contributed by atoms with van der Waals surface area (Å²) in [5, 5.41) is 8.30. The van der Waals surface area contributed by atoms with Crippen LogP contribution in [0.5, 0.6) is 0 Å². The number of carbonyl (C=O) groups excluding carboxylic acids is 2. The van der Waals surface area contributed by atoms with E-state index in [1.807, 2.05) is 16.3 Å². The van der Waals surface area contributed by atoms with Gasteiger partial charge in [0.05, 0.1) is 0 Å². The van der Waals surface area contributed by atoms with Crippen LogP contribution in [0.15, 0.2) is 17.5 Å². The van der Waals surface area contributed by atoms with Crippen molar-refractivity contribution >= 4 is 23.3 Å². The number of nitrogens with zero attached hydrogens (tertiary/aromatic N) is 1. The lowest BCUT2D eigenvalue weighted by molar-refractivity contribution is -0.122. The lowest BCUT2D eigenvalue weighted by Crippen LogP contribution is -2.51. The molecule has 2 heterocycles. The van der Waals surface area contributed by atoms with Crippen molar-refractivity contribution in [2.75, 3.05) is 13.1 Å². The third-order valence-electron chi connectivity index (χ3n) is 5.01. The first-order chi connectivity index (χ1) is 11.7. The van der Waals surface area contributed by atoms with Crippen LogP contribution >= 0.6 is 11.3 Å². The summed E-state index contributed by atoms with van der Waals surface area (Å²) in [5.41, 5.74) is 0.